The van der Waals surface area contributed by atoms with Gasteiger partial charge in [0.05, 0.1) is 5.56 Å². The monoisotopic (exact) mass is 294 g/mol. The van der Waals surface area contributed by atoms with Crippen molar-refractivity contribution in [3.8, 4) is 11.1 Å². The molecule has 0 atom stereocenters. The summed E-state index contributed by atoms with van der Waals surface area (Å²) in [7, 11) is 0. The minimum atomic E-state index is -0.655. The van der Waals surface area contributed by atoms with Gasteiger partial charge >= 0.3 is 0 Å². The summed E-state index contributed by atoms with van der Waals surface area (Å²) in [5, 5.41) is 3.78. The van der Waals surface area contributed by atoms with E-state index in [1.165, 1.54) is 12.1 Å². The lowest BCUT2D eigenvalue weighted by Crippen LogP contribution is -2.01. The summed E-state index contributed by atoms with van der Waals surface area (Å²) >= 11 is 0. The summed E-state index contributed by atoms with van der Waals surface area (Å²) in [6.45, 7) is 4.17. The summed E-state index contributed by atoms with van der Waals surface area (Å²) in [5.74, 6) is -0.386. The van der Waals surface area contributed by atoms with Crippen molar-refractivity contribution in [2.24, 2.45) is 0 Å². The Morgan fingerprint density at radius 1 is 1.19 bits per heavy atom. The number of rotatable bonds is 6. The van der Waals surface area contributed by atoms with E-state index >= 15 is 0 Å². The maximum Gasteiger partial charge on any atom is 0.175 e. The van der Waals surface area contributed by atoms with Crippen LogP contribution in [0.5, 0.6) is 0 Å². The molecule has 0 aliphatic carbocycles. The van der Waals surface area contributed by atoms with E-state index in [1.54, 1.807) is 0 Å². The van der Waals surface area contributed by atoms with E-state index in [-0.39, 0.29) is 17.3 Å². The summed E-state index contributed by atoms with van der Waals surface area (Å²) in [4.78, 5) is 0. The Labute approximate surface area is 123 Å². The third-order valence-electron chi connectivity index (χ3n) is 3.59. The molecule has 21 heavy (non-hydrogen) atoms. The Hall–Kier alpha value is -1.91. The van der Waals surface area contributed by atoms with Crippen molar-refractivity contribution in [2.45, 2.75) is 45.4 Å². The number of nitrogens with zero attached hydrogens (tertiary/aromatic N) is 1. The van der Waals surface area contributed by atoms with Gasteiger partial charge in [-0.15, -0.1) is 0 Å². The second-order valence-electron chi connectivity index (χ2n) is 5.21. The van der Waals surface area contributed by atoms with Crippen LogP contribution in [0.25, 0.3) is 11.1 Å². The lowest BCUT2D eigenvalue weighted by Gasteiger charge is -2.14. The van der Waals surface area contributed by atoms with E-state index in [0.717, 1.165) is 31.7 Å². The van der Waals surface area contributed by atoms with Gasteiger partial charge in [0.15, 0.2) is 5.82 Å². The zero-order chi connectivity index (χ0) is 15.4. The Morgan fingerprint density at radius 2 is 1.86 bits per heavy atom. The maximum absolute atomic E-state index is 14.0. The SMILES string of the molecule is CCCC(CCC)c1onc(N)c1-c1ccc(F)cc1F. The molecule has 1 heterocycles. The molecule has 0 saturated heterocycles. The molecule has 0 amide bonds. The second kappa shape index (κ2) is 6.70. The standard InChI is InChI=1S/C16H20F2N2O/c1-3-5-10(6-4-2)15-14(16(19)20-21-15)12-8-7-11(17)9-13(12)18/h7-10H,3-6H2,1-2H3,(H2,19,20). The molecule has 0 aliphatic heterocycles. The predicted molar refractivity (Wildman–Crippen MR) is 78.8 cm³/mol. The highest BCUT2D eigenvalue weighted by molar-refractivity contribution is 5.76. The fraction of sp³-hybridized carbons (Fsp3) is 0.438. The zero-order valence-electron chi connectivity index (χ0n) is 12.3. The maximum atomic E-state index is 14.0. The van der Waals surface area contributed by atoms with E-state index in [2.05, 4.69) is 19.0 Å². The first-order valence-electron chi connectivity index (χ1n) is 7.28. The molecule has 0 spiro atoms. The smallest absolute Gasteiger partial charge is 0.175 e. The third-order valence-corrected chi connectivity index (χ3v) is 3.59. The zero-order valence-corrected chi connectivity index (χ0v) is 12.3. The highest BCUT2D eigenvalue weighted by atomic mass is 19.1. The molecule has 114 valence electrons. The van der Waals surface area contributed by atoms with Gasteiger partial charge in [0.25, 0.3) is 0 Å². The van der Waals surface area contributed by atoms with Crippen molar-refractivity contribution in [1.82, 2.24) is 5.16 Å². The van der Waals surface area contributed by atoms with E-state index in [9.17, 15) is 8.78 Å². The van der Waals surface area contributed by atoms with Crippen LogP contribution in [0, 0.1) is 11.6 Å². The van der Waals surface area contributed by atoms with Gasteiger partial charge in [0, 0.05) is 17.5 Å². The molecule has 0 unspecified atom stereocenters. The van der Waals surface area contributed by atoms with Gasteiger partial charge in [-0.2, -0.15) is 0 Å². The lowest BCUT2D eigenvalue weighted by atomic mass is 9.90. The van der Waals surface area contributed by atoms with Crippen molar-refractivity contribution in [3.05, 3.63) is 35.6 Å². The average Bonchev–Trinajstić information content (AvgIpc) is 2.80. The molecule has 1 aromatic heterocycles. The van der Waals surface area contributed by atoms with Crippen LogP contribution in [0.2, 0.25) is 0 Å². The van der Waals surface area contributed by atoms with E-state index in [4.69, 9.17) is 10.3 Å². The van der Waals surface area contributed by atoms with Gasteiger partial charge in [-0.05, 0) is 25.0 Å². The first-order valence-corrected chi connectivity index (χ1v) is 7.28. The topological polar surface area (TPSA) is 52.0 Å². The number of aromatic nitrogens is 1. The predicted octanol–water partition coefficient (Wildman–Crippen LogP) is 4.89. The fourth-order valence-corrected chi connectivity index (χ4v) is 2.66. The molecular weight excluding hydrogens is 274 g/mol. The number of hydrogen-bond acceptors (Lipinski definition) is 3. The molecular formula is C16H20F2N2O. The van der Waals surface area contributed by atoms with Crippen molar-refractivity contribution in [2.75, 3.05) is 5.73 Å². The molecule has 0 radical (unpaired) electrons. The van der Waals surface area contributed by atoms with E-state index in [0.29, 0.717) is 11.3 Å². The molecule has 1 aromatic carbocycles. The third kappa shape index (κ3) is 3.23. The first kappa shape index (κ1) is 15.5. The summed E-state index contributed by atoms with van der Waals surface area (Å²) < 4.78 is 32.5. The largest absolute Gasteiger partial charge is 0.380 e. The fourth-order valence-electron chi connectivity index (χ4n) is 2.66. The van der Waals surface area contributed by atoms with Crippen molar-refractivity contribution in [3.63, 3.8) is 0 Å². The van der Waals surface area contributed by atoms with Gasteiger partial charge in [-0.1, -0.05) is 31.8 Å². The van der Waals surface area contributed by atoms with Crippen LogP contribution in [0.1, 0.15) is 51.2 Å². The van der Waals surface area contributed by atoms with Crippen LogP contribution in [0.15, 0.2) is 22.7 Å². The Kier molecular flexibility index (Phi) is 4.94. The molecule has 2 N–H and O–H groups in total. The van der Waals surface area contributed by atoms with E-state index < -0.39 is 11.6 Å². The second-order valence-corrected chi connectivity index (χ2v) is 5.21. The lowest BCUT2D eigenvalue weighted by molar-refractivity contribution is 0.346. The van der Waals surface area contributed by atoms with Gasteiger partial charge < -0.3 is 10.3 Å². The molecule has 5 heteroatoms. The Balaban J connectivity index is 2.50. The Bertz CT molecular complexity index is 604. The van der Waals surface area contributed by atoms with E-state index in [1.807, 2.05) is 0 Å². The Morgan fingerprint density at radius 3 is 2.43 bits per heavy atom. The van der Waals surface area contributed by atoms with Crippen LogP contribution < -0.4 is 5.73 Å². The first-order chi connectivity index (χ1) is 10.1. The molecule has 0 aliphatic rings. The van der Waals surface area contributed by atoms with Gasteiger partial charge in [0.1, 0.15) is 17.4 Å². The normalized spacial score (nSPS) is 11.3. The molecule has 0 saturated carbocycles. The minimum absolute atomic E-state index is 0.143. The highest BCUT2D eigenvalue weighted by Crippen LogP contribution is 2.39. The van der Waals surface area contributed by atoms with Crippen LogP contribution >= 0.6 is 0 Å². The molecule has 3 nitrogen and oxygen atoms in total. The van der Waals surface area contributed by atoms with Crippen LogP contribution in [0.3, 0.4) is 0 Å². The van der Waals surface area contributed by atoms with Crippen LogP contribution in [-0.2, 0) is 0 Å². The van der Waals surface area contributed by atoms with Gasteiger partial charge in [-0.25, -0.2) is 8.78 Å². The number of nitrogen functional groups attached to an aromatic ring is 1. The van der Waals surface area contributed by atoms with Crippen molar-refractivity contribution in [1.29, 1.82) is 0 Å². The summed E-state index contributed by atoms with van der Waals surface area (Å²) in [6, 6.07) is 3.44. The molecule has 2 aromatic rings. The average molecular weight is 294 g/mol. The van der Waals surface area contributed by atoms with Crippen molar-refractivity contribution < 1.29 is 13.3 Å². The number of hydrogen-bond donors (Lipinski definition) is 1. The highest BCUT2D eigenvalue weighted by Gasteiger charge is 2.25. The number of anilines is 1. The minimum Gasteiger partial charge on any atom is -0.380 e. The molecule has 0 bridgehead atoms. The number of nitrogens with two attached hydrogens (primary N) is 1. The molecule has 0 fully saturated rings. The number of halogens is 2. The van der Waals surface area contributed by atoms with Gasteiger partial charge in [-0.3, -0.25) is 0 Å². The van der Waals surface area contributed by atoms with Gasteiger partial charge in [0.2, 0.25) is 0 Å². The number of benzene rings is 1. The van der Waals surface area contributed by atoms with Crippen LogP contribution in [0.4, 0.5) is 14.6 Å². The summed E-state index contributed by atoms with van der Waals surface area (Å²) in [6.07, 6.45) is 3.80. The molecule has 2 rings (SSSR count). The summed E-state index contributed by atoms with van der Waals surface area (Å²) in [5.41, 5.74) is 6.54. The quantitative estimate of drug-likeness (QED) is 0.825. The van der Waals surface area contributed by atoms with Crippen LogP contribution in [-0.4, -0.2) is 5.16 Å². The van der Waals surface area contributed by atoms with Crippen molar-refractivity contribution >= 4 is 5.82 Å².